The molecular formula is C18H23N5O. The Bertz CT molecular complexity index is 672. The Balaban J connectivity index is 1.52. The molecule has 6 nitrogen and oxygen atoms in total. The van der Waals surface area contributed by atoms with E-state index in [0.29, 0.717) is 0 Å². The molecule has 2 aliphatic heterocycles. The van der Waals surface area contributed by atoms with Gasteiger partial charge >= 0.3 is 0 Å². The molecule has 4 heterocycles. The highest BCUT2D eigenvalue weighted by Crippen LogP contribution is 2.29. The molecule has 2 aromatic rings. The quantitative estimate of drug-likeness (QED) is 0.932. The van der Waals surface area contributed by atoms with Gasteiger partial charge in [-0.2, -0.15) is 0 Å². The summed E-state index contributed by atoms with van der Waals surface area (Å²) in [6, 6.07) is 3.94. The number of rotatable bonds is 4. The summed E-state index contributed by atoms with van der Waals surface area (Å²) >= 11 is 0. The van der Waals surface area contributed by atoms with E-state index in [2.05, 4.69) is 20.2 Å². The highest BCUT2D eigenvalue weighted by Gasteiger charge is 2.22. The van der Waals surface area contributed by atoms with Gasteiger partial charge in [-0.15, -0.1) is 0 Å². The maximum atomic E-state index is 5.46. The summed E-state index contributed by atoms with van der Waals surface area (Å²) in [5, 5.41) is 3.36. The van der Waals surface area contributed by atoms with Crippen LogP contribution < -0.4 is 10.2 Å². The van der Waals surface area contributed by atoms with Crippen molar-refractivity contribution in [2.45, 2.75) is 19.3 Å². The monoisotopic (exact) mass is 325 g/mol. The molecule has 6 heteroatoms. The molecule has 2 aromatic heterocycles. The number of anilines is 2. The van der Waals surface area contributed by atoms with Gasteiger partial charge in [-0.05, 0) is 37.3 Å². The number of hydrogen-bond donors (Lipinski definition) is 1. The zero-order valence-corrected chi connectivity index (χ0v) is 13.8. The maximum absolute atomic E-state index is 5.46. The predicted octanol–water partition coefficient (Wildman–Crippen LogP) is 2.59. The molecule has 0 spiro atoms. The van der Waals surface area contributed by atoms with Crippen molar-refractivity contribution in [2.75, 3.05) is 43.1 Å². The van der Waals surface area contributed by atoms with Crippen molar-refractivity contribution in [1.82, 2.24) is 15.0 Å². The average Bonchev–Trinajstić information content (AvgIpc) is 2.67. The zero-order chi connectivity index (χ0) is 16.2. The topological polar surface area (TPSA) is 63.2 Å². The van der Waals surface area contributed by atoms with Gasteiger partial charge in [0.1, 0.15) is 0 Å². The van der Waals surface area contributed by atoms with Crippen molar-refractivity contribution >= 4 is 11.6 Å². The molecule has 0 aliphatic carbocycles. The fraction of sp³-hybridized carbons (Fsp3) is 0.500. The molecule has 24 heavy (non-hydrogen) atoms. The fourth-order valence-electron chi connectivity index (χ4n) is 3.39. The molecule has 0 radical (unpaired) electrons. The SMILES string of the molecule is c1cc(-c2cnc3c(n2)N(CCC2CCOCC2)CCN3)ccn1. The first kappa shape index (κ1) is 15.3. The molecular weight excluding hydrogens is 302 g/mol. The molecule has 126 valence electrons. The zero-order valence-electron chi connectivity index (χ0n) is 13.8. The minimum Gasteiger partial charge on any atom is -0.381 e. The fourth-order valence-corrected chi connectivity index (χ4v) is 3.39. The summed E-state index contributed by atoms with van der Waals surface area (Å²) in [6.45, 7) is 4.76. The van der Waals surface area contributed by atoms with Crippen LogP contribution in [0.3, 0.4) is 0 Å². The summed E-state index contributed by atoms with van der Waals surface area (Å²) in [4.78, 5) is 15.9. The van der Waals surface area contributed by atoms with E-state index in [9.17, 15) is 0 Å². The molecule has 0 bridgehead atoms. The highest BCUT2D eigenvalue weighted by molar-refractivity contribution is 5.68. The van der Waals surface area contributed by atoms with Crippen LogP contribution in [-0.4, -0.2) is 47.8 Å². The van der Waals surface area contributed by atoms with Crippen LogP contribution in [0, 0.1) is 5.92 Å². The second-order valence-electron chi connectivity index (χ2n) is 6.42. The van der Waals surface area contributed by atoms with E-state index in [1.165, 1.54) is 19.3 Å². The minimum absolute atomic E-state index is 0.772. The van der Waals surface area contributed by atoms with Crippen LogP contribution >= 0.6 is 0 Å². The van der Waals surface area contributed by atoms with Crippen molar-refractivity contribution < 1.29 is 4.74 Å². The molecule has 4 rings (SSSR count). The number of pyridine rings is 1. The van der Waals surface area contributed by atoms with Crippen molar-refractivity contribution in [1.29, 1.82) is 0 Å². The molecule has 1 fully saturated rings. The first-order chi connectivity index (χ1) is 11.9. The number of nitrogens with zero attached hydrogens (tertiary/aromatic N) is 4. The highest BCUT2D eigenvalue weighted by atomic mass is 16.5. The van der Waals surface area contributed by atoms with Gasteiger partial charge in [0, 0.05) is 50.8 Å². The van der Waals surface area contributed by atoms with Crippen LogP contribution in [0.5, 0.6) is 0 Å². The van der Waals surface area contributed by atoms with Crippen LogP contribution in [0.2, 0.25) is 0 Å². The summed E-state index contributed by atoms with van der Waals surface area (Å²) in [6.07, 6.45) is 8.98. The predicted molar refractivity (Wildman–Crippen MR) is 94.1 cm³/mol. The second kappa shape index (κ2) is 7.13. The van der Waals surface area contributed by atoms with E-state index in [0.717, 1.165) is 61.7 Å². The molecule has 0 aromatic carbocycles. The van der Waals surface area contributed by atoms with Gasteiger partial charge in [0.25, 0.3) is 0 Å². The van der Waals surface area contributed by atoms with E-state index < -0.39 is 0 Å². The van der Waals surface area contributed by atoms with E-state index in [1.807, 2.05) is 18.3 Å². The van der Waals surface area contributed by atoms with Crippen LogP contribution in [0.15, 0.2) is 30.7 Å². The Morgan fingerprint density at radius 1 is 1.21 bits per heavy atom. The van der Waals surface area contributed by atoms with Gasteiger partial charge in [0.15, 0.2) is 11.6 Å². The van der Waals surface area contributed by atoms with Crippen LogP contribution in [0.1, 0.15) is 19.3 Å². The first-order valence-electron chi connectivity index (χ1n) is 8.74. The van der Waals surface area contributed by atoms with Crippen LogP contribution in [0.4, 0.5) is 11.6 Å². The largest absolute Gasteiger partial charge is 0.381 e. The number of fused-ring (bicyclic) bond motifs is 1. The van der Waals surface area contributed by atoms with Gasteiger partial charge in [-0.1, -0.05) is 0 Å². The lowest BCUT2D eigenvalue weighted by molar-refractivity contribution is 0.0645. The first-order valence-corrected chi connectivity index (χ1v) is 8.74. The molecule has 1 saturated heterocycles. The normalized spacial score (nSPS) is 18.1. The maximum Gasteiger partial charge on any atom is 0.172 e. The third-order valence-corrected chi connectivity index (χ3v) is 4.85. The van der Waals surface area contributed by atoms with Crippen molar-refractivity contribution in [3.63, 3.8) is 0 Å². The third kappa shape index (κ3) is 3.33. The molecule has 0 unspecified atom stereocenters. The number of ether oxygens (including phenoxy) is 1. The Morgan fingerprint density at radius 3 is 2.88 bits per heavy atom. The van der Waals surface area contributed by atoms with E-state index in [4.69, 9.17) is 9.72 Å². The van der Waals surface area contributed by atoms with Gasteiger partial charge in [0.05, 0.1) is 11.9 Å². The van der Waals surface area contributed by atoms with Crippen molar-refractivity contribution in [2.24, 2.45) is 5.92 Å². The van der Waals surface area contributed by atoms with E-state index in [1.54, 1.807) is 12.4 Å². The van der Waals surface area contributed by atoms with Gasteiger partial charge < -0.3 is 15.0 Å². The molecule has 1 N–H and O–H groups in total. The molecule has 0 saturated carbocycles. The van der Waals surface area contributed by atoms with Crippen molar-refractivity contribution in [3.8, 4) is 11.3 Å². The van der Waals surface area contributed by atoms with Crippen LogP contribution in [0.25, 0.3) is 11.3 Å². The molecule has 0 amide bonds. The number of aromatic nitrogens is 3. The summed E-state index contributed by atoms with van der Waals surface area (Å²) in [7, 11) is 0. The van der Waals surface area contributed by atoms with Gasteiger partial charge in [-0.25, -0.2) is 9.97 Å². The van der Waals surface area contributed by atoms with E-state index in [-0.39, 0.29) is 0 Å². The Morgan fingerprint density at radius 2 is 2.04 bits per heavy atom. The summed E-state index contributed by atoms with van der Waals surface area (Å²) < 4.78 is 5.46. The molecule has 2 aliphatic rings. The average molecular weight is 325 g/mol. The third-order valence-electron chi connectivity index (χ3n) is 4.85. The number of hydrogen-bond acceptors (Lipinski definition) is 6. The second-order valence-corrected chi connectivity index (χ2v) is 6.42. The van der Waals surface area contributed by atoms with Crippen LogP contribution in [-0.2, 0) is 4.74 Å². The minimum atomic E-state index is 0.772. The molecule has 0 atom stereocenters. The standard InChI is InChI=1S/C18H23N5O/c1-6-19-7-2-15(1)16-13-21-17-18(22-16)23(10-8-20-17)9-3-14-4-11-24-12-5-14/h1-2,6-7,13-14H,3-5,8-12H2,(H,20,21). The van der Waals surface area contributed by atoms with Gasteiger partial charge in [-0.3, -0.25) is 4.98 Å². The van der Waals surface area contributed by atoms with E-state index >= 15 is 0 Å². The lowest BCUT2D eigenvalue weighted by Crippen LogP contribution is -2.37. The number of nitrogens with one attached hydrogen (secondary N) is 1. The van der Waals surface area contributed by atoms with Crippen molar-refractivity contribution in [3.05, 3.63) is 30.7 Å². The Labute approximate surface area is 142 Å². The smallest absolute Gasteiger partial charge is 0.172 e. The lowest BCUT2D eigenvalue weighted by atomic mass is 9.96. The summed E-state index contributed by atoms with van der Waals surface area (Å²) in [5.74, 6) is 2.64. The Hall–Kier alpha value is -2.21. The Kier molecular flexibility index (Phi) is 4.55. The summed E-state index contributed by atoms with van der Waals surface area (Å²) in [5.41, 5.74) is 1.95. The van der Waals surface area contributed by atoms with Gasteiger partial charge in [0.2, 0.25) is 0 Å². The lowest BCUT2D eigenvalue weighted by Gasteiger charge is -2.32.